The summed E-state index contributed by atoms with van der Waals surface area (Å²) in [5.74, 6) is 1.10. The Bertz CT molecular complexity index is 641. The fraction of sp³-hybridized carbons (Fsp3) is 0.529. The van der Waals surface area contributed by atoms with Gasteiger partial charge in [-0.25, -0.2) is 4.79 Å². The van der Waals surface area contributed by atoms with E-state index in [0.29, 0.717) is 11.7 Å². The number of fused-ring (bicyclic) bond motifs is 1. The van der Waals surface area contributed by atoms with Crippen LogP contribution in [0.3, 0.4) is 0 Å². The Balaban J connectivity index is 2.13. The van der Waals surface area contributed by atoms with Crippen molar-refractivity contribution >= 4 is 17.7 Å². The number of carbonyl (C=O) groups excluding carboxylic acids is 1. The molecule has 1 aromatic carbocycles. The number of anilines is 1. The standard InChI is InChI=1S/C17H22N2O4/c1-9-15(18-17(21)22)13-7-6-12(23-3)8-14(13)19(10(2)20)16(9)11-4-5-11/h6-9,11,15-16,18H,4-5H2,1-3H3,(H,21,22)/t9-,15-,16+/m1/s1. The topological polar surface area (TPSA) is 78.9 Å². The van der Waals surface area contributed by atoms with Gasteiger partial charge in [-0.2, -0.15) is 0 Å². The molecule has 2 aliphatic rings. The fourth-order valence-corrected chi connectivity index (χ4v) is 3.80. The molecule has 2 amide bonds. The summed E-state index contributed by atoms with van der Waals surface area (Å²) < 4.78 is 5.29. The molecule has 1 saturated carbocycles. The molecular formula is C17H22N2O4. The second kappa shape index (κ2) is 5.76. The van der Waals surface area contributed by atoms with Crippen molar-refractivity contribution in [3.8, 4) is 5.75 Å². The second-order valence-electron chi connectivity index (χ2n) is 6.43. The molecule has 1 aliphatic heterocycles. The lowest BCUT2D eigenvalue weighted by atomic mass is 9.80. The van der Waals surface area contributed by atoms with E-state index in [2.05, 4.69) is 5.32 Å². The Kier molecular flexibility index (Phi) is 3.92. The molecule has 0 radical (unpaired) electrons. The lowest BCUT2D eigenvalue weighted by molar-refractivity contribution is -0.117. The van der Waals surface area contributed by atoms with Crippen molar-refractivity contribution in [2.24, 2.45) is 11.8 Å². The zero-order valence-corrected chi connectivity index (χ0v) is 13.6. The highest BCUT2D eigenvalue weighted by atomic mass is 16.5. The molecule has 1 fully saturated rings. The largest absolute Gasteiger partial charge is 0.497 e. The van der Waals surface area contributed by atoms with E-state index >= 15 is 0 Å². The minimum atomic E-state index is -1.05. The summed E-state index contributed by atoms with van der Waals surface area (Å²) in [6.45, 7) is 3.59. The summed E-state index contributed by atoms with van der Waals surface area (Å²) in [6, 6.07) is 5.18. The highest BCUT2D eigenvalue weighted by Crippen LogP contribution is 2.49. The van der Waals surface area contributed by atoms with Gasteiger partial charge in [0.2, 0.25) is 5.91 Å². The monoisotopic (exact) mass is 318 g/mol. The van der Waals surface area contributed by atoms with Crippen molar-refractivity contribution in [3.63, 3.8) is 0 Å². The quantitative estimate of drug-likeness (QED) is 0.898. The first kappa shape index (κ1) is 15.6. The summed E-state index contributed by atoms with van der Waals surface area (Å²) in [6.07, 6.45) is 1.12. The maximum Gasteiger partial charge on any atom is 0.405 e. The highest BCUT2D eigenvalue weighted by Gasteiger charge is 2.47. The van der Waals surface area contributed by atoms with Gasteiger partial charge in [-0.3, -0.25) is 4.79 Å². The van der Waals surface area contributed by atoms with Gasteiger partial charge in [0.25, 0.3) is 0 Å². The highest BCUT2D eigenvalue weighted by molar-refractivity contribution is 5.94. The molecule has 1 aromatic rings. The van der Waals surface area contributed by atoms with Crippen LogP contribution in [-0.2, 0) is 4.79 Å². The first-order valence-electron chi connectivity index (χ1n) is 7.91. The van der Waals surface area contributed by atoms with Crippen molar-refractivity contribution in [3.05, 3.63) is 23.8 Å². The third-order valence-corrected chi connectivity index (χ3v) is 4.92. The predicted octanol–water partition coefficient (Wildman–Crippen LogP) is 2.79. The molecule has 1 aliphatic carbocycles. The Labute approximate surface area is 135 Å². The van der Waals surface area contributed by atoms with Crippen LogP contribution in [0.2, 0.25) is 0 Å². The van der Waals surface area contributed by atoms with E-state index in [9.17, 15) is 14.7 Å². The van der Waals surface area contributed by atoms with Gasteiger partial charge in [-0.15, -0.1) is 0 Å². The van der Waals surface area contributed by atoms with E-state index < -0.39 is 6.09 Å². The van der Waals surface area contributed by atoms with Crippen molar-refractivity contribution in [1.82, 2.24) is 5.32 Å². The summed E-state index contributed by atoms with van der Waals surface area (Å²) in [7, 11) is 1.58. The van der Waals surface area contributed by atoms with Gasteiger partial charge < -0.3 is 20.1 Å². The normalized spacial score (nSPS) is 26.4. The average molecular weight is 318 g/mol. The number of hydrogen-bond acceptors (Lipinski definition) is 3. The molecule has 23 heavy (non-hydrogen) atoms. The van der Waals surface area contributed by atoms with Crippen molar-refractivity contribution < 1.29 is 19.4 Å². The molecule has 1 heterocycles. The van der Waals surface area contributed by atoms with Gasteiger partial charge in [0.05, 0.1) is 18.8 Å². The lowest BCUT2D eigenvalue weighted by Gasteiger charge is -2.45. The number of benzene rings is 1. The predicted molar refractivity (Wildman–Crippen MR) is 85.7 cm³/mol. The van der Waals surface area contributed by atoms with Crippen LogP contribution < -0.4 is 15.0 Å². The Morgan fingerprint density at radius 3 is 2.57 bits per heavy atom. The summed E-state index contributed by atoms with van der Waals surface area (Å²) in [5.41, 5.74) is 1.58. The van der Waals surface area contributed by atoms with Crippen molar-refractivity contribution in [2.45, 2.75) is 38.8 Å². The van der Waals surface area contributed by atoms with Crippen LogP contribution in [0.5, 0.6) is 5.75 Å². The maximum absolute atomic E-state index is 12.3. The second-order valence-corrected chi connectivity index (χ2v) is 6.43. The first-order valence-corrected chi connectivity index (χ1v) is 7.91. The van der Waals surface area contributed by atoms with Crippen LogP contribution >= 0.6 is 0 Å². The number of methoxy groups -OCH3 is 1. The maximum atomic E-state index is 12.3. The number of amides is 2. The fourth-order valence-electron chi connectivity index (χ4n) is 3.80. The average Bonchev–Trinajstić information content (AvgIpc) is 3.32. The van der Waals surface area contributed by atoms with Crippen molar-refractivity contribution in [1.29, 1.82) is 0 Å². The van der Waals surface area contributed by atoms with Crippen molar-refractivity contribution in [2.75, 3.05) is 12.0 Å². The lowest BCUT2D eigenvalue weighted by Crippen LogP contribution is -2.53. The number of nitrogens with one attached hydrogen (secondary N) is 1. The SMILES string of the molecule is COc1ccc2c(c1)N(C(C)=O)[C@H](C1CC1)[C@H](C)[C@H]2NC(=O)O. The van der Waals surface area contributed by atoms with Crippen LogP contribution in [0.4, 0.5) is 10.5 Å². The number of carboxylic acid groups (broad SMARTS) is 1. The summed E-state index contributed by atoms with van der Waals surface area (Å²) >= 11 is 0. The van der Waals surface area contributed by atoms with Gasteiger partial charge in [-0.05, 0) is 30.4 Å². The van der Waals surface area contributed by atoms with E-state index in [1.165, 1.54) is 0 Å². The van der Waals surface area contributed by atoms with Gasteiger partial charge in [0.1, 0.15) is 5.75 Å². The number of nitrogens with zero attached hydrogens (tertiary/aromatic N) is 1. The summed E-state index contributed by atoms with van der Waals surface area (Å²) in [4.78, 5) is 25.4. The Morgan fingerprint density at radius 1 is 1.35 bits per heavy atom. The Morgan fingerprint density at radius 2 is 2.04 bits per heavy atom. The molecule has 6 heteroatoms. The third-order valence-electron chi connectivity index (χ3n) is 4.92. The molecule has 124 valence electrons. The zero-order valence-electron chi connectivity index (χ0n) is 13.6. The summed E-state index contributed by atoms with van der Waals surface area (Å²) in [5, 5.41) is 11.8. The number of carbonyl (C=O) groups is 2. The molecule has 0 aromatic heterocycles. The molecule has 0 saturated heterocycles. The van der Waals surface area contributed by atoms with Crippen LogP contribution in [-0.4, -0.2) is 30.3 Å². The molecule has 6 nitrogen and oxygen atoms in total. The van der Waals surface area contributed by atoms with Gasteiger partial charge in [-0.1, -0.05) is 13.0 Å². The first-order chi connectivity index (χ1) is 10.9. The van der Waals surface area contributed by atoms with E-state index in [1.807, 2.05) is 24.0 Å². The molecular weight excluding hydrogens is 296 g/mol. The molecule has 0 bridgehead atoms. The zero-order chi connectivity index (χ0) is 16.7. The third kappa shape index (κ3) is 2.73. The van der Waals surface area contributed by atoms with Crippen LogP contribution in [0, 0.1) is 11.8 Å². The molecule has 0 unspecified atom stereocenters. The van der Waals surface area contributed by atoms with E-state index in [4.69, 9.17) is 4.74 Å². The van der Waals surface area contributed by atoms with E-state index in [-0.39, 0.29) is 23.9 Å². The molecule has 3 atom stereocenters. The number of ether oxygens (including phenoxy) is 1. The number of rotatable bonds is 3. The van der Waals surface area contributed by atoms with Gasteiger partial charge in [0.15, 0.2) is 0 Å². The van der Waals surface area contributed by atoms with Crippen LogP contribution in [0.15, 0.2) is 18.2 Å². The smallest absolute Gasteiger partial charge is 0.405 e. The Hall–Kier alpha value is -2.24. The van der Waals surface area contributed by atoms with E-state index in [0.717, 1.165) is 24.1 Å². The molecule has 3 rings (SSSR count). The minimum absolute atomic E-state index is 0.0166. The van der Waals surface area contributed by atoms with Crippen LogP contribution in [0.1, 0.15) is 38.3 Å². The molecule has 0 spiro atoms. The van der Waals surface area contributed by atoms with Gasteiger partial charge in [0, 0.05) is 24.9 Å². The number of hydrogen-bond donors (Lipinski definition) is 2. The molecule has 2 N–H and O–H groups in total. The van der Waals surface area contributed by atoms with Gasteiger partial charge >= 0.3 is 6.09 Å². The van der Waals surface area contributed by atoms with E-state index in [1.54, 1.807) is 20.1 Å². The van der Waals surface area contributed by atoms with Crippen LogP contribution in [0.25, 0.3) is 0 Å². The minimum Gasteiger partial charge on any atom is -0.497 e.